The van der Waals surface area contributed by atoms with E-state index in [9.17, 15) is 14.7 Å². The van der Waals surface area contributed by atoms with E-state index in [1.807, 2.05) is 13.8 Å². The van der Waals surface area contributed by atoms with Crippen molar-refractivity contribution in [3.8, 4) is 11.5 Å². The Kier molecular flexibility index (Phi) is 6.53. The first kappa shape index (κ1) is 19.4. The number of likely N-dealkylation sites (tertiary alicyclic amines) is 1. The maximum absolute atomic E-state index is 12.8. The summed E-state index contributed by atoms with van der Waals surface area (Å²) in [6, 6.07) is 2.26. The van der Waals surface area contributed by atoms with Crippen LogP contribution in [0.4, 0.5) is 0 Å². The Hall–Kier alpha value is -1.95. The topological polar surface area (TPSA) is 76.1 Å². The molecule has 0 spiro atoms. The Labute approximate surface area is 152 Å². The minimum absolute atomic E-state index is 0.271. The monoisotopic (exact) mass is 369 g/mol. The predicted octanol–water partition coefficient (Wildman–Crippen LogP) is 3.46. The average Bonchev–Trinajstić information content (AvgIpc) is 2.59. The van der Waals surface area contributed by atoms with Gasteiger partial charge in [-0.15, -0.1) is 0 Å². The number of nitrogens with zero attached hydrogens (tertiary/aromatic N) is 1. The van der Waals surface area contributed by atoms with E-state index in [2.05, 4.69) is 0 Å². The fourth-order valence-electron chi connectivity index (χ4n) is 2.83. The number of carbonyl (C=O) groups excluding carboxylic acids is 1. The van der Waals surface area contributed by atoms with Gasteiger partial charge in [0.1, 0.15) is 6.04 Å². The molecule has 0 aromatic heterocycles. The van der Waals surface area contributed by atoms with Gasteiger partial charge in [0.25, 0.3) is 5.91 Å². The van der Waals surface area contributed by atoms with Crippen molar-refractivity contribution in [3.05, 3.63) is 22.7 Å². The number of halogens is 1. The number of rotatable bonds is 6. The van der Waals surface area contributed by atoms with Crippen molar-refractivity contribution in [1.82, 2.24) is 4.90 Å². The van der Waals surface area contributed by atoms with Crippen molar-refractivity contribution < 1.29 is 24.2 Å². The number of piperidine rings is 1. The summed E-state index contributed by atoms with van der Waals surface area (Å²) in [7, 11) is 1.48. The first-order chi connectivity index (χ1) is 11.8. The Bertz CT molecular complexity index is 647. The zero-order chi connectivity index (χ0) is 18.6. The highest BCUT2D eigenvalue weighted by atomic mass is 35.5. The first-order valence-corrected chi connectivity index (χ1v) is 8.77. The number of carboxylic acids is 1. The largest absolute Gasteiger partial charge is 0.493 e. The molecule has 1 aliphatic rings. The normalized spacial score (nSPS) is 17.5. The van der Waals surface area contributed by atoms with Crippen molar-refractivity contribution in [2.75, 3.05) is 20.3 Å². The van der Waals surface area contributed by atoms with Crippen LogP contribution in [0, 0.1) is 5.92 Å². The Balaban J connectivity index is 2.30. The lowest BCUT2D eigenvalue weighted by Crippen LogP contribution is -2.48. The van der Waals surface area contributed by atoms with E-state index in [0.717, 1.165) is 12.8 Å². The summed E-state index contributed by atoms with van der Waals surface area (Å²) < 4.78 is 11.0. The standard InChI is InChI=1S/C18H24ClNO5/c1-11(2)10-25-16-13(19)8-12(9-15(16)24-3)17(21)20-7-5-4-6-14(20)18(22)23/h8-9,11,14H,4-7,10H2,1-3H3,(H,22,23)/t14-/m1/s1. The molecule has 0 saturated carbocycles. The minimum Gasteiger partial charge on any atom is -0.493 e. The summed E-state index contributed by atoms with van der Waals surface area (Å²) in [5.41, 5.74) is 0.298. The number of methoxy groups -OCH3 is 1. The highest BCUT2D eigenvalue weighted by Crippen LogP contribution is 2.37. The molecule has 1 aromatic rings. The van der Waals surface area contributed by atoms with Gasteiger partial charge in [-0.1, -0.05) is 25.4 Å². The molecular formula is C18H24ClNO5. The van der Waals surface area contributed by atoms with Gasteiger partial charge in [-0.2, -0.15) is 0 Å². The third-order valence-corrected chi connectivity index (χ3v) is 4.37. The van der Waals surface area contributed by atoms with E-state index >= 15 is 0 Å². The van der Waals surface area contributed by atoms with Crippen molar-refractivity contribution in [2.24, 2.45) is 5.92 Å². The number of ether oxygens (including phenoxy) is 2. The number of hydrogen-bond donors (Lipinski definition) is 1. The van der Waals surface area contributed by atoms with E-state index < -0.39 is 12.0 Å². The van der Waals surface area contributed by atoms with E-state index in [-0.39, 0.29) is 10.9 Å². The molecule has 138 valence electrons. The minimum atomic E-state index is -0.983. The number of hydrogen-bond acceptors (Lipinski definition) is 4. The number of benzene rings is 1. The lowest BCUT2D eigenvalue weighted by atomic mass is 10.0. The smallest absolute Gasteiger partial charge is 0.326 e. The van der Waals surface area contributed by atoms with Crippen molar-refractivity contribution in [3.63, 3.8) is 0 Å². The summed E-state index contributed by atoms with van der Waals surface area (Å²) in [6.45, 7) is 4.92. The molecule has 25 heavy (non-hydrogen) atoms. The average molecular weight is 370 g/mol. The molecule has 1 atom stereocenters. The highest BCUT2D eigenvalue weighted by molar-refractivity contribution is 6.32. The molecular weight excluding hydrogens is 346 g/mol. The molecule has 2 rings (SSSR count). The SMILES string of the molecule is COc1cc(C(=O)N2CCCC[C@@H]2C(=O)O)cc(Cl)c1OCC(C)C. The van der Waals surface area contributed by atoms with E-state index in [0.29, 0.717) is 42.6 Å². The van der Waals surface area contributed by atoms with Gasteiger partial charge < -0.3 is 19.5 Å². The van der Waals surface area contributed by atoms with Crippen molar-refractivity contribution in [1.29, 1.82) is 0 Å². The molecule has 1 amide bonds. The fraction of sp³-hybridized carbons (Fsp3) is 0.556. The fourth-order valence-corrected chi connectivity index (χ4v) is 3.10. The Morgan fingerprint density at radius 3 is 2.68 bits per heavy atom. The summed E-state index contributed by atoms with van der Waals surface area (Å²) in [5.74, 6) is -0.277. The molecule has 0 bridgehead atoms. The van der Waals surface area contributed by atoms with Gasteiger partial charge in [-0.3, -0.25) is 4.79 Å². The van der Waals surface area contributed by atoms with E-state index in [4.69, 9.17) is 21.1 Å². The van der Waals surface area contributed by atoms with Crippen LogP contribution >= 0.6 is 11.6 Å². The van der Waals surface area contributed by atoms with Crippen molar-refractivity contribution in [2.45, 2.75) is 39.2 Å². The van der Waals surface area contributed by atoms with Gasteiger partial charge in [-0.25, -0.2) is 4.79 Å². The second kappa shape index (κ2) is 8.43. The molecule has 1 fully saturated rings. The zero-order valence-electron chi connectivity index (χ0n) is 14.8. The molecule has 1 aliphatic heterocycles. The van der Waals surface area contributed by atoms with Crippen LogP contribution in [0.5, 0.6) is 11.5 Å². The molecule has 0 aliphatic carbocycles. The van der Waals surface area contributed by atoms with Gasteiger partial charge in [-0.05, 0) is 37.3 Å². The lowest BCUT2D eigenvalue weighted by Gasteiger charge is -2.33. The number of carbonyl (C=O) groups is 2. The van der Waals surface area contributed by atoms with Gasteiger partial charge in [0.2, 0.25) is 0 Å². The van der Waals surface area contributed by atoms with Crippen LogP contribution in [0.3, 0.4) is 0 Å². The zero-order valence-corrected chi connectivity index (χ0v) is 15.5. The number of amides is 1. The quantitative estimate of drug-likeness (QED) is 0.830. The molecule has 1 aromatic carbocycles. The maximum atomic E-state index is 12.8. The maximum Gasteiger partial charge on any atom is 0.326 e. The molecule has 0 radical (unpaired) electrons. The van der Waals surface area contributed by atoms with Crippen LogP contribution in [0.2, 0.25) is 5.02 Å². The molecule has 7 heteroatoms. The second-order valence-corrected chi connectivity index (χ2v) is 6.95. The Morgan fingerprint density at radius 2 is 2.08 bits per heavy atom. The molecule has 0 unspecified atom stereocenters. The van der Waals surface area contributed by atoms with Crippen LogP contribution in [0.25, 0.3) is 0 Å². The number of carboxylic acid groups (broad SMARTS) is 1. The third kappa shape index (κ3) is 4.57. The van der Waals surface area contributed by atoms with Crippen molar-refractivity contribution >= 4 is 23.5 Å². The second-order valence-electron chi connectivity index (χ2n) is 6.54. The summed E-state index contributed by atoms with van der Waals surface area (Å²) in [5, 5.41) is 9.63. The highest BCUT2D eigenvalue weighted by Gasteiger charge is 2.33. The molecule has 1 saturated heterocycles. The lowest BCUT2D eigenvalue weighted by molar-refractivity contribution is -0.143. The Morgan fingerprint density at radius 1 is 1.36 bits per heavy atom. The summed E-state index contributed by atoms with van der Waals surface area (Å²) in [6.07, 6.45) is 2.05. The van der Waals surface area contributed by atoms with Crippen LogP contribution < -0.4 is 9.47 Å². The van der Waals surface area contributed by atoms with Gasteiger partial charge in [0.15, 0.2) is 11.5 Å². The van der Waals surface area contributed by atoms with Gasteiger partial charge in [0.05, 0.1) is 18.7 Å². The number of aliphatic carboxylic acids is 1. The van der Waals surface area contributed by atoms with Gasteiger partial charge >= 0.3 is 5.97 Å². The van der Waals surface area contributed by atoms with Crippen LogP contribution in [0.15, 0.2) is 12.1 Å². The van der Waals surface area contributed by atoms with Crippen LogP contribution in [0.1, 0.15) is 43.5 Å². The summed E-state index contributed by atoms with van der Waals surface area (Å²) >= 11 is 6.29. The predicted molar refractivity (Wildman–Crippen MR) is 94.6 cm³/mol. The van der Waals surface area contributed by atoms with E-state index in [1.165, 1.54) is 18.1 Å². The molecule has 1 N–H and O–H groups in total. The summed E-state index contributed by atoms with van der Waals surface area (Å²) in [4.78, 5) is 25.6. The first-order valence-electron chi connectivity index (χ1n) is 8.39. The van der Waals surface area contributed by atoms with Crippen LogP contribution in [-0.2, 0) is 4.79 Å². The molecule has 6 nitrogen and oxygen atoms in total. The van der Waals surface area contributed by atoms with E-state index in [1.54, 1.807) is 6.07 Å². The molecule has 1 heterocycles. The third-order valence-electron chi connectivity index (χ3n) is 4.09. The van der Waals surface area contributed by atoms with Gasteiger partial charge in [0, 0.05) is 12.1 Å². The van der Waals surface area contributed by atoms with Crippen LogP contribution in [-0.4, -0.2) is 48.2 Å².